The molecule has 1 heterocycles. The van der Waals surface area contributed by atoms with Crippen molar-refractivity contribution < 1.29 is 23.1 Å². The van der Waals surface area contributed by atoms with E-state index in [2.05, 4.69) is 10.0 Å². The number of amides is 1. The molecule has 0 saturated carbocycles. The van der Waals surface area contributed by atoms with Gasteiger partial charge in [-0.3, -0.25) is 14.3 Å². The third-order valence-electron chi connectivity index (χ3n) is 2.60. The Kier molecular flexibility index (Phi) is 4.78. The number of rotatable bonds is 6. The fourth-order valence-corrected chi connectivity index (χ4v) is 3.65. The van der Waals surface area contributed by atoms with Gasteiger partial charge in [0.2, 0.25) is 0 Å². The average molecular weight is 340 g/mol. The van der Waals surface area contributed by atoms with Crippen LogP contribution in [0.2, 0.25) is 0 Å². The highest BCUT2D eigenvalue weighted by Crippen LogP contribution is 2.18. The van der Waals surface area contributed by atoms with Crippen LogP contribution < -0.4 is 10.0 Å². The van der Waals surface area contributed by atoms with Gasteiger partial charge in [-0.1, -0.05) is 0 Å². The number of sulfonamides is 1. The van der Waals surface area contributed by atoms with Crippen molar-refractivity contribution in [1.29, 1.82) is 0 Å². The molecule has 116 valence electrons. The molecule has 0 unspecified atom stereocenters. The molecule has 0 atom stereocenters. The van der Waals surface area contributed by atoms with Crippen LogP contribution in [0.1, 0.15) is 10.4 Å². The number of carbonyl (C=O) groups excluding carboxylic acids is 1. The highest BCUT2D eigenvalue weighted by atomic mass is 32.2. The number of carboxylic acid groups (broad SMARTS) is 1. The zero-order valence-electron chi connectivity index (χ0n) is 11.1. The zero-order valence-corrected chi connectivity index (χ0v) is 12.8. The van der Waals surface area contributed by atoms with Gasteiger partial charge in [0, 0.05) is 16.6 Å². The van der Waals surface area contributed by atoms with Crippen molar-refractivity contribution in [3.63, 3.8) is 0 Å². The molecule has 1 amide bonds. The van der Waals surface area contributed by atoms with Gasteiger partial charge in [0.15, 0.2) is 0 Å². The maximum atomic E-state index is 12.0. The smallest absolute Gasteiger partial charge is 0.322 e. The number of hydrogen-bond acceptors (Lipinski definition) is 5. The minimum absolute atomic E-state index is 0.167. The molecule has 0 fully saturated rings. The molecule has 1 aromatic heterocycles. The van der Waals surface area contributed by atoms with Gasteiger partial charge in [-0.25, -0.2) is 8.42 Å². The Balaban J connectivity index is 2.06. The van der Waals surface area contributed by atoms with Gasteiger partial charge in [-0.2, -0.15) is 11.3 Å². The molecule has 0 aliphatic heterocycles. The first-order valence-corrected chi connectivity index (χ1v) is 8.46. The van der Waals surface area contributed by atoms with Crippen LogP contribution in [-0.2, 0) is 14.8 Å². The van der Waals surface area contributed by atoms with Crippen molar-refractivity contribution in [3.8, 4) is 0 Å². The first kappa shape index (κ1) is 16.0. The number of benzene rings is 1. The minimum atomic E-state index is -3.64. The first-order chi connectivity index (χ1) is 10.4. The molecule has 9 heteroatoms. The van der Waals surface area contributed by atoms with Crippen molar-refractivity contribution >= 4 is 38.9 Å². The predicted molar refractivity (Wildman–Crippen MR) is 81.5 cm³/mol. The van der Waals surface area contributed by atoms with Gasteiger partial charge in [0.05, 0.1) is 4.90 Å². The molecule has 0 aliphatic carbocycles. The number of nitrogens with one attached hydrogen (secondary N) is 2. The second kappa shape index (κ2) is 6.58. The van der Waals surface area contributed by atoms with Gasteiger partial charge in [0.1, 0.15) is 6.54 Å². The average Bonchev–Trinajstić information content (AvgIpc) is 3.00. The Morgan fingerprint density at radius 2 is 1.82 bits per heavy atom. The predicted octanol–water partition coefficient (Wildman–Crippen LogP) is 1.36. The fourth-order valence-electron chi connectivity index (χ4n) is 1.57. The molecule has 0 saturated heterocycles. The van der Waals surface area contributed by atoms with E-state index < -0.39 is 28.4 Å². The van der Waals surface area contributed by atoms with Crippen LogP contribution in [0.5, 0.6) is 0 Å². The maximum absolute atomic E-state index is 12.0. The molecule has 3 N–H and O–H groups in total. The van der Waals surface area contributed by atoms with E-state index in [1.807, 2.05) is 0 Å². The summed E-state index contributed by atoms with van der Waals surface area (Å²) in [6.07, 6.45) is 0. The third kappa shape index (κ3) is 4.06. The lowest BCUT2D eigenvalue weighted by molar-refractivity contribution is -0.135. The number of anilines is 1. The van der Waals surface area contributed by atoms with E-state index in [1.54, 1.807) is 5.38 Å². The van der Waals surface area contributed by atoms with Crippen molar-refractivity contribution in [2.24, 2.45) is 0 Å². The van der Waals surface area contributed by atoms with Crippen LogP contribution in [0.25, 0.3) is 0 Å². The van der Waals surface area contributed by atoms with Crippen molar-refractivity contribution in [2.75, 3.05) is 11.3 Å². The van der Waals surface area contributed by atoms with Gasteiger partial charge in [-0.05, 0) is 35.7 Å². The number of aliphatic carboxylic acids is 1. The summed E-state index contributed by atoms with van der Waals surface area (Å²) in [7, 11) is -3.64. The monoisotopic (exact) mass is 340 g/mol. The molecular weight excluding hydrogens is 328 g/mol. The Labute approximate surface area is 130 Å². The lowest BCUT2D eigenvalue weighted by Crippen LogP contribution is -2.29. The Morgan fingerprint density at radius 1 is 1.14 bits per heavy atom. The van der Waals surface area contributed by atoms with Gasteiger partial charge < -0.3 is 10.4 Å². The maximum Gasteiger partial charge on any atom is 0.322 e. The van der Waals surface area contributed by atoms with Crippen molar-refractivity contribution in [3.05, 3.63) is 46.7 Å². The summed E-state index contributed by atoms with van der Waals surface area (Å²) >= 11 is 1.27. The van der Waals surface area contributed by atoms with E-state index >= 15 is 0 Å². The summed E-state index contributed by atoms with van der Waals surface area (Å²) in [6.45, 7) is -0.481. The van der Waals surface area contributed by atoms with Crippen LogP contribution >= 0.6 is 11.3 Å². The largest absolute Gasteiger partial charge is 0.480 e. The molecule has 0 bridgehead atoms. The van der Waals surface area contributed by atoms with Crippen LogP contribution in [0.15, 0.2) is 46.0 Å². The standard InChI is InChI=1S/C13H12N2O5S2/c16-12(17)7-14-13(18)9-1-3-10(4-2-9)15-22(19,20)11-5-6-21-8-11/h1-6,8,15H,7H2,(H,14,18)(H,16,17). The normalized spacial score (nSPS) is 10.9. The molecular formula is C13H12N2O5S2. The summed E-state index contributed by atoms with van der Waals surface area (Å²) in [4.78, 5) is 22.2. The van der Waals surface area contributed by atoms with E-state index in [1.165, 1.54) is 47.0 Å². The third-order valence-corrected chi connectivity index (χ3v) is 4.82. The number of carboxylic acids is 1. The van der Waals surface area contributed by atoms with E-state index in [-0.39, 0.29) is 10.5 Å². The fraction of sp³-hybridized carbons (Fsp3) is 0.0769. The lowest BCUT2D eigenvalue weighted by Gasteiger charge is -2.07. The summed E-state index contributed by atoms with van der Waals surface area (Å²) in [5, 5.41) is 13.9. The van der Waals surface area contributed by atoms with E-state index in [0.29, 0.717) is 5.69 Å². The highest BCUT2D eigenvalue weighted by Gasteiger charge is 2.14. The van der Waals surface area contributed by atoms with E-state index in [4.69, 9.17) is 5.11 Å². The lowest BCUT2D eigenvalue weighted by atomic mass is 10.2. The molecule has 22 heavy (non-hydrogen) atoms. The summed E-state index contributed by atoms with van der Waals surface area (Å²) < 4.78 is 26.4. The molecule has 1 aromatic carbocycles. The molecule has 0 radical (unpaired) electrons. The molecule has 2 aromatic rings. The molecule has 0 spiro atoms. The van der Waals surface area contributed by atoms with Gasteiger partial charge in [0.25, 0.3) is 15.9 Å². The zero-order chi connectivity index (χ0) is 16.2. The van der Waals surface area contributed by atoms with E-state index in [0.717, 1.165) is 0 Å². The SMILES string of the molecule is O=C(O)CNC(=O)c1ccc(NS(=O)(=O)c2ccsc2)cc1. The number of thiophene rings is 1. The number of carbonyl (C=O) groups is 2. The summed E-state index contributed by atoms with van der Waals surface area (Å²) in [5.41, 5.74) is 0.542. The second-order valence-corrected chi connectivity index (χ2v) is 6.68. The van der Waals surface area contributed by atoms with Crippen molar-refractivity contribution in [1.82, 2.24) is 5.32 Å². The summed E-state index contributed by atoms with van der Waals surface area (Å²) in [6, 6.07) is 7.16. The van der Waals surface area contributed by atoms with Crippen LogP contribution in [0.3, 0.4) is 0 Å². The minimum Gasteiger partial charge on any atom is -0.480 e. The molecule has 0 aliphatic rings. The van der Waals surface area contributed by atoms with Crippen LogP contribution in [0.4, 0.5) is 5.69 Å². The van der Waals surface area contributed by atoms with Crippen LogP contribution in [0, 0.1) is 0 Å². The van der Waals surface area contributed by atoms with Crippen LogP contribution in [-0.4, -0.2) is 31.9 Å². The Hall–Kier alpha value is -2.39. The summed E-state index contributed by atoms with van der Waals surface area (Å²) in [5.74, 6) is -1.69. The topological polar surface area (TPSA) is 113 Å². The molecule has 7 nitrogen and oxygen atoms in total. The number of hydrogen-bond donors (Lipinski definition) is 3. The quantitative estimate of drug-likeness (QED) is 0.735. The van der Waals surface area contributed by atoms with Gasteiger partial charge in [-0.15, -0.1) is 0 Å². The Bertz CT molecular complexity index is 767. The van der Waals surface area contributed by atoms with E-state index in [9.17, 15) is 18.0 Å². The van der Waals surface area contributed by atoms with Crippen molar-refractivity contribution in [2.45, 2.75) is 4.90 Å². The first-order valence-electron chi connectivity index (χ1n) is 6.03. The second-order valence-electron chi connectivity index (χ2n) is 4.22. The van der Waals surface area contributed by atoms with Gasteiger partial charge >= 0.3 is 5.97 Å². The Morgan fingerprint density at radius 3 is 2.36 bits per heavy atom. The highest BCUT2D eigenvalue weighted by molar-refractivity contribution is 7.92. The molecule has 2 rings (SSSR count).